The Morgan fingerprint density at radius 1 is 1.37 bits per heavy atom. The number of aryl methyl sites for hydroxylation is 1. The van der Waals surface area contributed by atoms with Gasteiger partial charge in [0.2, 0.25) is 0 Å². The van der Waals surface area contributed by atoms with E-state index in [0.717, 1.165) is 24.0 Å². The van der Waals surface area contributed by atoms with Crippen molar-refractivity contribution < 1.29 is 0 Å². The average Bonchev–Trinajstić information content (AvgIpc) is 2.85. The Balaban J connectivity index is 1.96. The van der Waals surface area contributed by atoms with E-state index in [0.29, 0.717) is 11.8 Å². The summed E-state index contributed by atoms with van der Waals surface area (Å²) in [5, 5.41) is 3.52. The Bertz CT molecular complexity index is 564. The molecule has 3 nitrogen and oxygen atoms in total. The van der Waals surface area contributed by atoms with Crippen molar-refractivity contribution in [3.63, 3.8) is 0 Å². The van der Waals surface area contributed by atoms with Crippen molar-refractivity contribution in [3.8, 4) is 0 Å². The summed E-state index contributed by atoms with van der Waals surface area (Å²) >= 11 is 3.57. The number of halogens is 1. The summed E-state index contributed by atoms with van der Waals surface area (Å²) in [5.74, 6) is 1.06. The molecule has 0 saturated carbocycles. The highest BCUT2D eigenvalue weighted by Crippen LogP contribution is 2.37. The molecule has 1 aliphatic heterocycles. The molecule has 0 bridgehead atoms. The molecule has 19 heavy (non-hydrogen) atoms. The molecular weight excluding hydrogens is 302 g/mol. The minimum Gasteiger partial charge on any atom is -0.337 e. The molecule has 2 unspecified atom stereocenters. The third kappa shape index (κ3) is 2.60. The van der Waals surface area contributed by atoms with Crippen LogP contribution in [-0.2, 0) is 7.05 Å². The van der Waals surface area contributed by atoms with Crippen LogP contribution >= 0.6 is 15.9 Å². The molecule has 100 valence electrons. The molecule has 3 rings (SSSR count). The van der Waals surface area contributed by atoms with Crippen molar-refractivity contribution >= 4 is 15.9 Å². The van der Waals surface area contributed by atoms with Crippen molar-refractivity contribution in [1.82, 2.24) is 14.9 Å². The van der Waals surface area contributed by atoms with Gasteiger partial charge in [0, 0.05) is 41.8 Å². The third-order valence-corrected chi connectivity index (χ3v) is 4.49. The molecule has 2 atom stereocenters. The summed E-state index contributed by atoms with van der Waals surface area (Å²) in [6.07, 6.45) is 5.08. The van der Waals surface area contributed by atoms with Crippen molar-refractivity contribution in [2.24, 2.45) is 7.05 Å². The molecule has 2 heterocycles. The van der Waals surface area contributed by atoms with Crippen LogP contribution in [-0.4, -0.2) is 22.6 Å². The van der Waals surface area contributed by atoms with Crippen LogP contribution in [0.1, 0.15) is 29.5 Å². The van der Waals surface area contributed by atoms with Crippen LogP contribution in [0.3, 0.4) is 0 Å². The van der Waals surface area contributed by atoms with Crippen LogP contribution in [0.5, 0.6) is 0 Å². The van der Waals surface area contributed by atoms with E-state index in [2.05, 4.69) is 62.1 Å². The summed E-state index contributed by atoms with van der Waals surface area (Å²) in [7, 11) is 2.09. The van der Waals surface area contributed by atoms with E-state index in [1.54, 1.807) is 0 Å². The second kappa shape index (κ2) is 5.47. The maximum Gasteiger partial charge on any atom is 0.0945 e. The van der Waals surface area contributed by atoms with Crippen LogP contribution in [0.25, 0.3) is 0 Å². The van der Waals surface area contributed by atoms with E-state index in [-0.39, 0.29) is 0 Å². The van der Waals surface area contributed by atoms with Gasteiger partial charge in [-0.2, -0.15) is 0 Å². The van der Waals surface area contributed by atoms with E-state index in [1.165, 1.54) is 11.3 Å². The van der Waals surface area contributed by atoms with Crippen LogP contribution in [0, 0.1) is 0 Å². The lowest BCUT2D eigenvalue weighted by Crippen LogP contribution is -2.34. The first kappa shape index (κ1) is 12.9. The van der Waals surface area contributed by atoms with Crippen LogP contribution in [0.2, 0.25) is 0 Å². The molecule has 0 radical (unpaired) electrons. The summed E-state index contributed by atoms with van der Waals surface area (Å²) < 4.78 is 3.31. The third-order valence-electron chi connectivity index (χ3n) is 3.99. The number of piperidine rings is 1. The number of hydrogen-bond acceptors (Lipinski definition) is 2. The van der Waals surface area contributed by atoms with E-state index in [4.69, 9.17) is 0 Å². The number of rotatable bonds is 2. The normalized spacial score (nSPS) is 23.5. The van der Waals surface area contributed by atoms with Gasteiger partial charge in [0.15, 0.2) is 0 Å². The van der Waals surface area contributed by atoms with E-state index < -0.39 is 0 Å². The zero-order valence-corrected chi connectivity index (χ0v) is 12.6. The van der Waals surface area contributed by atoms with E-state index >= 15 is 0 Å². The molecule has 0 amide bonds. The van der Waals surface area contributed by atoms with E-state index in [9.17, 15) is 0 Å². The molecule has 4 heteroatoms. The highest BCUT2D eigenvalue weighted by Gasteiger charge is 2.29. The van der Waals surface area contributed by atoms with Gasteiger partial charge in [0.05, 0.1) is 6.33 Å². The standard InChI is InChI=1S/C15H18BrN3/c1-19-10-18-9-15(19)13-5-6-17-8-14(13)11-3-2-4-12(16)7-11/h2-4,7,9-10,13-14,17H,5-6,8H2,1H3. The smallest absolute Gasteiger partial charge is 0.0945 e. The quantitative estimate of drug-likeness (QED) is 0.922. The Labute approximate surface area is 122 Å². The Morgan fingerprint density at radius 2 is 2.26 bits per heavy atom. The first-order valence-corrected chi connectivity index (χ1v) is 7.47. The molecule has 1 aliphatic rings. The Hall–Kier alpha value is -1.13. The number of hydrogen-bond donors (Lipinski definition) is 1. The fourth-order valence-corrected chi connectivity index (χ4v) is 3.44. The van der Waals surface area contributed by atoms with Gasteiger partial charge in [-0.05, 0) is 30.7 Å². The molecule has 1 saturated heterocycles. The predicted octanol–water partition coefficient (Wildman–Crippen LogP) is 3.04. The first-order valence-electron chi connectivity index (χ1n) is 6.68. The van der Waals surface area contributed by atoms with Gasteiger partial charge in [-0.1, -0.05) is 28.1 Å². The molecule has 0 spiro atoms. The van der Waals surface area contributed by atoms with Crippen LogP contribution in [0.15, 0.2) is 41.3 Å². The average molecular weight is 320 g/mol. The first-order chi connectivity index (χ1) is 9.25. The number of nitrogens with zero attached hydrogens (tertiary/aromatic N) is 2. The summed E-state index contributed by atoms with van der Waals surface area (Å²) in [6.45, 7) is 2.12. The summed E-state index contributed by atoms with van der Waals surface area (Å²) in [6, 6.07) is 8.67. The van der Waals surface area contributed by atoms with Crippen molar-refractivity contribution in [3.05, 3.63) is 52.5 Å². The molecule has 1 aromatic heterocycles. The van der Waals surface area contributed by atoms with Crippen molar-refractivity contribution in [2.75, 3.05) is 13.1 Å². The summed E-state index contributed by atoms with van der Waals surface area (Å²) in [4.78, 5) is 4.28. The minimum atomic E-state index is 0.515. The van der Waals surface area contributed by atoms with Crippen molar-refractivity contribution in [2.45, 2.75) is 18.3 Å². The maximum absolute atomic E-state index is 4.28. The van der Waals surface area contributed by atoms with Gasteiger partial charge in [-0.25, -0.2) is 4.98 Å². The van der Waals surface area contributed by atoms with Gasteiger partial charge in [-0.3, -0.25) is 0 Å². The predicted molar refractivity (Wildman–Crippen MR) is 80.3 cm³/mol. The number of imidazole rings is 1. The monoisotopic (exact) mass is 319 g/mol. The Kier molecular flexibility index (Phi) is 3.71. The second-order valence-electron chi connectivity index (χ2n) is 5.19. The highest BCUT2D eigenvalue weighted by molar-refractivity contribution is 9.10. The fraction of sp³-hybridized carbons (Fsp3) is 0.400. The zero-order chi connectivity index (χ0) is 13.2. The zero-order valence-electron chi connectivity index (χ0n) is 11.0. The highest BCUT2D eigenvalue weighted by atomic mass is 79.9. The number of aromatic nitrogens is 2. The van der Waals surface area contributed by atoms with E-state index in [1.807, 2.05) is 12.5 Å². The largest absolute Gasteiger partial charge is 0.337 e. The number of benzene rings is 1. The SMILES string of the molecule is Cn1cncc1C1CCNCC1c1cccc(Br)c1. The topological polar surface area (TPSA) is 29.9 Å². The van der Waals surface area contributed by atoms with Crippen LogP contribution in [0.4, 0.5) is 0 Å². The molecule has 1 aromatic carbocycles. The molecule has 0 aliphatic carbocycles. The fourth-order valence-electron chi connectivity index (χ4n) is 3.02. The van der Waals surface area contributed by atoms with Gasteiger partial charge in [0.1, 0.15) is 0 Å². The molecule has 2 aromatic rings. The lowest BCUT2D eigenvalue weighted by Gasteiger charge is -2.32. The molecule has 1 N–H and O–H groups in total. The van der Waals surface area contributed by atoms with Crippen molar-refractivity contribution in [1.29, 1.82) is 0 Å². The van der Waals surface area contributed by atoms with Gasteiger partial charge in [0.25, 0.3) is 0 Å². The van der Waals surface area contributed by atoms with Gasteiger partial charge in [-0.15, -0.1) is 0 Å². The van der Waals surface area contributed by atoms with Gasteiger partial charge >= 0.3 is 0 Å². The van der Waals surface area contributed by atoms with Crippen LogP contribution < -0.4 is 5.32 Å². The summed E-state index contributed by atoms with van der Waals surface area (Å²) in [5.41, 5.74) is 2.74. The lowest BCUT2D eigenvalue weighted by atomic mass is 9.79. The molecular formula is C15H18BrN3. The van der Waals surface area contributed by atoms with Gasteiger partial charge < -0.3 is 9.88 Å². The Morgan fingerprint density at radius 3 is 3.00 bits per heavy atom. The molecule has 1 fully saturated rings. The number of nitrogens with one attached hydrogen (secondary N) is 1. The lowest BCUT2D eigenvalue weighted by molar-refractivity contribution is 0.391. The minimum absolute atomic E-state index is 0.515. The maximum atomic E-state index is 4.28. The second-order valence-corrected chi connectivity index (χ2v) is 6.11.